The highest BCUT2D eigenvalue weighted by Crippen LogP contribution is 2.28. The van der Waals surface area contributed by atoms with Crippen LogP contribution in [0.2, 0.25) is 0 Å². The number of carboxylic acid groups (broad SMARTS) is 1. The molecule has 0 amide bonds. The van der Waals surface area contributed by atoms with Crippen molar-refractivity contribution in [2.24, 2.45) is 5.73 Å². The quantitative estimate of drug-likeness (QED) is 0.705. The number of hydrogen-bond acceptors (Lipinski definition) is 8. The monoisotopic (exact) mass is 355 g/mol. The Morgan fingerprint density at radius 1 is 1.46 bits per heavy atom. The molecule has 0 radical (unpaired) electrons. The van der Waals surface area contributed by atoms with Crippen molar-refractivity contribution >= 4 is 11.8 Å². The molecule has 0 saturated carbocycles. The lowest BCUT2D eigenvalue weighted by molar-refractivity contribution is 0.0683. The van der Waals surface area contributed by atoms with E-state index in [1.165, 1.54) is 0 Å². The smallest absolute Gasteiger partial charge is 0.345 e. The van der Waals surface area contributed by atoms with E-state index in [4.69, 9.17) is 26.2 Å². The highest BCUT2D eigenvalue weighted by atomic mass is 16.6. The van der Waals surface area contributed by atoms with E-state index in [0.717, 1.165) is 0 Å². The van der Waals surface area contributed by atoms with Gasteiger partial charge in [-0.3, -0.25) is 0 Å². The highest BCUT2D eigenvalue weighted by molar-refractivity contribution is 5.95. The number of aromatic carboxylic acids is 1. The van der Waals surface area contributed by atoms with Crippen molar-refractivity contribution < 1.29 is 19.4 Å². The molecule has 5 N–H and O–H groups in total. The van der Waals surface area contributed by atoms with E-state index in [9.17, 15) is 9.90 Å². The fraction of sp³-hybridized carbons (Fsp3) is 0.294. The van der Waals surface area contributed by atoms with Crippen molar-refractivity contribution in [2.45, 2.75) is 18.6 Å². The van der Waals surface area contributed by atoms with Crippen LogP contribution < -0.4 is 16.2 Å². The number of rotatable bonds is 5. The lowest BCUT2D eigenvalue weighted by Gasteiger charge is -2.15. The van der Waals surface area contributed by atoms with Crippen molar-refractivity contribution in [3.8, 4) is 23.3 Å². The summed E-state index contributed by atoms with van der Waals surface area (Å²) in [5.74, 6) is -1.46. The summed E-state index contributed by atoms with van der Waals surface area (Å²) in [5, 5.41) is 18.5. The highest BCUT2D eigenvalue weighted by Gasteiger charge is 2.29. The third-order valence-corrected chi connectivity index (χ3v) is 3.95. The van der Waals surface area contributed by atoms with Crippen molar-refractivity contribution in [1.29, 1.82) is 5.26 Å². The van der Waals surface area contributed by atoms with Crippen LogP contribution in [0.15, 0.2) is 24.3 Å². The van der Waals surface area contributed by atoms with Gasteiger partial charge >= 0.3 is 5.97 Å². The topological polar surface area (TPSA) is 157 Å². The van der Waals surface area contributed by atoms with Crippen molar-refractivity contribution in [3.05, 3.63) is 35.4 Å². The molecule has 2 unspecified atom stereocenters. The molecule has 2 aromatic rings. The van der Waals surface area contributed by atoms with E-state index >= 15 is 0 Å². The third kappa shape index (κ3) is 3.56. The molecule has 1 aromatic heterocycles. The molecule has 9 nitrogen and oxygen atoms in total. The maximum absolute atomic E-state index is 11.6. The van der Waals surface area contributed by atoms with E-state index in [0.29, 0.717) is 24.1 Å². The second-order valence-electron chi connectivity index (χ2n) is 5.78. The van der Waals surface area contributed by atoms with Crippen LogP contribution in [-0.2, 0) is 4.74 Å². The molecule has 0 spiro atoms. The van der Waals surface area contributed by atoms with Crippen LogP contribution in [0.3, 0.4) is 0 Å². The number of carbonyl (C=O) groups is 1. The normalized spacial score (nSPS) is 19.1. The summed E-state index contributed by atoms with van der Waals surface area (Å²) in [6.45, 7) is 0.633. The molecule has 9 heteroatoms. The Kier molecular flexibility index (Phi) is 4.97. The SMILES string of the molecule is N#Cc1cccc(-c2nc(N)c(C(=O)O)c(OC3COC(CN)C3)n2)c1. The Bertz CT molecular complexity index is 880. The number of nitrogens with zero attached hydrogens (tertiary/aromatic N) is 3. The van der Waals surface area contributed by atoms with Gasteiger partial charge in [-0.15, -0.1) is 0 Å². The number of hydrogen-bond donors (Lipinski definition) is 3. The first-order valence-corrected chi connectivity index (χ1v) is 7.91. The lowest BCUT2D eigenvalue weighted by Crippen LogP contribution is -2.22. The fourth-order valence-electron chi connectivity index (χ4n) is 2.68. The summed E-state index contributed by atoms with van der Waals surface area (Å²) in [7, 11) is 0. The molecular formula is C17H17N5O4. The zero-order chi connectivity index (χ0) is 18.7. The van der Waals surface area contributed by atoms with Gasteiger partial charge in [0.05, 0.1) is 24.3 Å². The Labute approximate surface area is 149 Å². The predicted molar refractivity (Wildman–Crippen MR) is 91.4 cm³/mol. The molecule has 0 bridgehead atoms. The minimum atomic E-state index is -1.29. The molecule has 1 saturated heterocycles. The summed E-state index contributed by atoms with van der Waals surface area (Å²) >= 11 is 0. The summed E-state index contributed by atoms with van der Waals surface area (Å²) in [5.41, 5.74) is 12.0. The van der Waals surface area contributed by atoms with Crippen LogP contribution in [0.25, 0.3) is 11.4 Å². The second kappa shape index (κ2) is 7.35. The third-order valence-electron chi connectivity index (χ3n) is 3.95. The van der Waals surface area contributed by atoms with Crippen LogP contribution in [0.1, 0.15) is 22.3 Å². The van der Waals surface area contributed by atoms with Gasteiger partial charge in [-0.1, -0.05) is 12.1 Å². The van der Waals surface area contributed by atoms with Gasteiger partial charge in [0.25, 0.3) is 0 Å². The lowest BCUT2D eigenvalue weighted by atomic mass is 10.1. The average Bonchev–Trinajstić information content (AvgIpc) is 3.08. The Morgan fingerprint density at radius 3 is 2.92 bits per heavy atom. The van der Waals surface area contributed by atoms with E-state index in [2.05, 4.69) is 9.97 Å². The standard InChI is InChI=1S/C17H17N5O4/c18-6-9-2-1-3-10(4-9)15-21-14(20)13(17(23)24)16(22-15)26-12-5-11(7-19)25-8-12/h1-4,11-12H,5,7-8,19H2,(H,23,24)(H2,20,21,22). The van der Waals surface area contributed by atoms with Gasteiger partial charge in [0.1, 0.15) is 11.9 Å². The van der Waals surface area contributed by atoms with Crippen LogP contribution in [0, 0.1) is 11.3 Å². The maximum atomic E-state index is 11.6. The largest absolute Gasteiger partial charge is 0.477 e. The van der Waals surface area contributed by atoms with Crippen molar-refractivity contribution in [2.75, 3.05) is 18.9 Å². The van der Waals surface area contributed by atoms with Gasteiger partial charge in [0.15, 0.2) is 11.4 Å². The predicted octanol–water partition coefficient (Wildman–Crippen LogP) is 0.791. The number of ether oxygens (including phenoxy) is 2. The minimum Gasteiger partial charge on any atom is -0.477 e. The summed E-state index contributed by atoms with van der Waals surface area (Å²) in [6.07, 6.45) is 0.00658. The Hall–Kier alpha value is -3.22. The molecule has 26 heavy (non-hydrogen) atoms. The first-order valence-electron chi connectivity index (χ1n) is 7.91. The zero-order valence-electron chi connectivity index (χ0n) is 13.8. The molecule has 1 aromatic carbocycles. The van der Waals surface area contributed by atoms with Crippen molar-refractivity contribution in [3.63, 3.8) is 0 Å². The van der Waals surface area contributed by atoms with Gasteiger partial charge in [-0.2, -0.15) is 10.2 Å². The van der Waals surface area contributed by atoms with Gasteiger partial charge in [-0.25, -0.2) is 9.78 Å². The maximum Gasteiger partial charge on any atom is 0.345 e. The number of nitrogen functional groups attached to an aromatic ring is 1. The van der Waals surface area contributed by atoms with E-state index in [-0.39, 0.29) is 41.9 Å². The molecular weight excluding hydrogens is 338 g/mol. The average molecular weight is 355 g/mol. The molecule has 3 rings (SSSR count). The van der Waals surface area contributed by atoms with E-state index in [1.807, 2.05) is 6.07 Å². The molecule has 134 valence electrons. The summed E-state index contributed by atoms with van der Waals surface area (Å²) in [4.78, 5) is 19.8. The first-order chi connectivity index (χ1) is 12.5. The number of nitrogens with two attached hydrogens (primary N) is 2. The second-order valence-corrected chi connectivity index (χ2v) is 5.78. The summed E-state index contributed by atoms with van der Waals surface area (Å²) < 4.78 is 11.2. The van der Waals surface area contributed by atoms with Crippen LogP contribution in [0.5, 0.6) is 5.88 Å². The number of benzene rings is 1. The van der Waals surface area contributed by atoms with Gasteiger partial charge < -0.3 is 26.0 Å². The number of nitriles is 1. The minimum absolute atomic E-state index is 0.131. The van der Waals surface area contributed by atoms with Crippen LogP contribution >= 0.6 is 0 Å². The first kappa shape index (κ1) is 17.6. The van der Waals surface area contributed by atoms with Gasteiger partial charge in [0, 0.05) is 18.5 Å². The Morgan fingerprint density at radius 2 is 2.27 bits per heavy atom. The van der Waals surface area contributed by atoms with Crippen molar-refractivity contribution in [1.82, 2.24) is 9.97 Å². The number of aromatic nitrogens is 2. The molecule has 2 heterocycles. The molecule has 0 aliphatic carbocycles. The molecule has 1 aliphatic rings. The van der Waals surface area contributed by atoms with Gasteiger partial charge in [-0.05, 0) is 12.1 Å². The number of carboxylic acids is 1. The van der Waals surface area contributed by atoms with Crippen LogP contribution in [-0.4, -0.2) is 46.4 Å². The number of anilines is 1. The molecule has 1 aliphatic heterocycles. The van der Waals surface area contributed by atoms with Crippen LogP contribution in [0.4, 0.5) is 5.82 Å². The molecule has 1 fully saturated rings. The van der Waals surface area contributed by atoms with E-state index < -0.39 is 5.97 Å². The fourth-order valence-corrected chi connectivity index (χ4v) is 2.68. The van der Waals surface area contributed by atoms with Gasteiger partial charge in [0.2, 0.25) is 5.88 Å². The van der Waals surface area contributed by atoms with E-state index in [1.54, 1.807) is 24.3 Å². The zero-order valence-corrected chi connectivity index (χ0v) is 13.8. The summed E-state index contributed by atoms with van der Waals surface area (Å²) in [6, 6.07) is 8.62. The molecule has 2 atom stereocenters. The Balaban J connectivity index is 1.99.